The van der Waals surface area contributed by atoms with Gasteiger partial charge in [0.2, 0.25) is 0 Å². The van der Waals surface area contributed by atoms with E-state index in [1.165, 1.54) is 0 Å². The monoisotopic (exact) mass is 533 g/mol. The first-order chi connectivity index (χ1) is 18.3. The van der Waals surface area contributed by atoms with Crippen LogP contribution in [0.4, 0.5) is 16.2 Å². The normalized spacial score (nSPS) is 14.4. The lowest BCUT2D eigenvalue weighted by molar-refractivity contribution is 0.0950. The second-order valence-electron chi connectivity index (χ2n) is 9.38. The molecule has 1 fully saturated rings. The van der Waals surface area contributed by atoms with Crippen molar-refractivity contribution in [1.29, 1.82) is 0 Å². The van der Waals surface area contributed by atoms with Crippen LogP contribution in [0.25, 0.3) is 0 Å². The first kappa shape index (κ1) is 27.0. The Labute approximate surface area is 227 Å². The van der Waals surface area contributed by atoms with Gasteiger partial charge in [0, 0.05) is 48.9 Å². The fraction of sp³-hybridized carbons (Fsp3) is 0.276. The van der Waals surface area contributed by atoms with Crippen molar-refractivity contribution in [2.24, 2.45) is 5.73 Å². The van der Waals surface area contributed by atoms with Gasteiger partial charge in [0.05, 0.1) is 11.4 Å². The molecule has 9 heteroatoms. The van der Waals surface area contributed by atoms with E-state index in [1.807, 2.05) is 36.4 Å². The number of nitrogens with two attached hydrogens (primary N) is 1. The van der Waals surface area contributed by atoms with E-state index in [-0.39, 0.29) is 17.7 Å². The Morgan fingerprint density at radius 2 is 1.66 bits per heavy atom. The van der Waals surface area contributed by atoms with E-state index in [4.69, 9.17) is 17.3 Å². The maximum Gasteiger partial charge on any atom is 0.314 e. The molecule has 38 heavy (non-hydrogen) atoms. The second kappa shape index (κ2) is 12.5. The average Bonchev–Trinajstić information content (AvgIpc) is 3.18. The third-order valence-electron chi connectivity index (χ3n) is 6.68. The molecule has 4 amide bonds. The minimum absolute atomic E-state index is 0.145. The van der Waals surface area contributed by atoms with Gasteiger partial charge in [-0.15, -0.1) is 0 Å². The van der Waals surface area contributed by atoms with Gasteiger partial charge in [0.15, 0.2) is 0 Å². The van der Waals surface area contributed by atoms with Crippen molar-refractivity contribution in [2.75, 3.05) is 42.9 Å². The molecule has 0 aromatic heterocycles. The van der Waals surface area contributed by atoms with Crippen LogP contribution in [-0.2, 0) is 0 Å². The summed E-state index contributed by atoms with van der Waals surface area (Å²) in [6.07, 6.45) is 0.726. The van der Waals surface area contributed by atoms with E-state index in [0.29, 0.717) is 54.6 Å². The Kier molecular flexibility index (Phi) is 8.86. The van der Waals surface area contributed by atoms with Gasteiger partial charge in [-0.3, -0.25) is 9.59 Å². The summed E-state index contributed by atoms with van der Waals surface area (Å²) in [6.45, 7) is 4.79. The third kappa shape index (κ3) is 6.83. The number of hydrogen-bond acceptors (Lipinski definition) is 4. The zero-order valence-electron chi connectivity index (χ0n) is 21.3. The molecule has 1 aliphatic heterocycles. The largest absolute Gasteiger partial charge is 0.368 e. The second-order valence-corrected chi connectivity index (χ2v) is 9.82. The van der Waals surface area contributed by atoms with Crippen LogP contribution in [0.3, 0.4) is 0 Å². The van der Waals surface area contributed by atoms with E-state index in [2.05, 4.69) is 22.5 Å². The van der Waals surface area contributed by atoms with E-state index < -0.39 is 6.03 Å². The van der Waals surface area contributed by atoms with Crippen molar-refractivity contribution in [3.05, 3.63) is 94.5 Å². The van der Waals surface area contributed by atoms with Crippen LogP contribution in [-0.4, -0.2) is 55.5 Å². The van der Waals surface area contributed by atoms with Gasteiger partial charge in [0.1, 0.15) is 0 Å². The quantitative estimate of drug-likeness (QED) is 0.408. The average molecular weight is 534 g/mol. The highest BCUT2D eigenvalue weighted by molar-refractivity contribution is 6.31. The van der Waals surface area contributed by atoms with Crippen molar-refractivity contribution in [2.45, 2.75) is 19.3 Å². The number of nitrogens with zero attached hydrogens (tertiary/aromatic N) is 2. The lowest BCUT2D eigenvalue weighted by Gasteiger charge is -2.26. The molecule has 198 valence electrons. The van der Waals surface area contributed by atoms with Crippen LogP contribution in [0, 0.1) is 0 Å². The van der Waals surface area contributed by atoms with E-state index >= 15 is 0 Å². The minimum atomic E-state index is -0.446. The summed E-state index contributed by atoms with van der Waals surface area (Å²) < 4.78 is 0. The molecule has 0 radical (unpaired) electrons. The van der Waals surface area contributed by atoms with Crippen molar-refractivity contribution in [3.8, 4) is 0 Å². The highest BCUT2D eigenvalue weighted by Crippen LogP contribution is 2.29. The Morgan fingerprint density at radius 3 is 2.39 bits per heavy atom. The highest BCUT2D eigenvalue weighted by Gasteiger charge is 2.21. The summed E-state index contributed by atoms with van der Waals surface area (Å²) in [7, 11) is 0. The van der Waals surface area contributed by atoms with Gasteiger partial charge < -0.3 is 26.2 Å². The zero-order valence-corrected chi connectivity index (χ0v) is 22.1. The number of anilines is 2. The number of hydrogen-bond donors (Lipinski definition) is 3. The van der Waals surface area contributed by atoms with E-state index in [0.717, 1.165) is 17.7 Å². The number of amides is 4. The van der Waals surface area contributed by atoms with Crippen LogP contribution in [0.1, 0.15) is 45.5 Å². The molecule has 1 heterocycles. The molecular formula is C29H32ClN5O3. The van der Waals surface area contributed by atoms with Crippen LogP contribution in [0.15, 0.2) is 72.8 Å². The molecule has 0 aliphatic carbocycles. The summed E-state index contributed by atoms with van der Waals surface area (Å²) in [5.74, 6) is -0.419. The fourth-order valence-corrected chi connectivity index (χ4v) is 4.69. The zero-order chi connectivity index (χ0) is 27.1. The van der Waals surface area contributed by atoms with Crippen molar-refractivity contribution in [3.63, 3.8) is 0 Å². The number of carbonyl (C=O) groups is 3. The molecule has 0 saturated carbocycles. The molecule has 1 aliphatic rings. The van der Waals surface area contributed by atoms with Gasteiger partial charge >= 0.3 is 6.03 Å². The lowest BCUT2D eigenvalue weighted by Crippen LogP contribution is -2.38. The van der Waals surface area contributed by atoms with Crippen LogP contribution in [0.5, 0.6) is 0 Å². The van der Waals surface area contributed by atoms with Gasteiger partial charge in [-0.05, 0) is 54.3 Å². The summed E-state index contributed by atoms with van der Waals surface area (Å²) in [4.78, 5) is 41.6. The molecule has 0 spiro atoms. The Morgan fingerprint density at radius 1 is 0.895 bits per heavy atom. The number of nitrogens with one attached hydrogen (secondary N) is 2. The smallest absolute Gasteiger partial charge is 0.314 e. The van der Waals surface area contributed by atoms with Gasteiger partial charge in [-0.25, -0.2) is 4.79 Å². The van der Waals surface area contributed by atoms with E-state index in [9.17, 15) is 14.4 Å². The minimum Gasteiger partial charge on any atom is -0.368 e. The third-order valence-corrected chi connectivity index (χ3v) is 6.91. The predicted octanol–water partition coefficient (Wildman–Crippen LogP) is 4.72. The SMILES string of the molecule is CC(CNC(=O)c1ccc(N2CCCN(C(N)=O)CC2)c(NC(=O)c2cccc(Cl)c2)c1)c1ccccc1. The van der Waals surface area contributed by atoms with E-state index in [1.54, 1.807) is 41.3 Å². The molecule has 4 N–H and O–H groups in total. The first-order valence-electron chi connectivity index (χ1n) is 12.7. The Hall–Kier alpha value is -4.04. The number of carbonyl (C=O) groups excluding carboxylic acids is 3. The molecule has 1 unspecified atom stereocenters. The van der Waals surface area contributed by atoms with Crippen molar-refractivity contribution >= 4 is 40.8 Å². The molecular weight excluding hydrogens is 502 g/mol. The highest BCUT2D eigenvalue weighted by atomic mass is 35.5. The molecule has 0 bridgehead atoms. The number of rotatable bonds is 7. The van der Waals surface area contributed by atoms with Gasteiger partial charge in [-0.2, -0.15) is 0 Å². The van der Waals surface area contributed by atoms with Crippen LogP contribution < -0.4 is 21.3 Å². The number of benzene rings is 3. The molecule has 8 nitrogen and oxygen atoms in total. The number of urea groups is 1. The summed E-state index contributed by atoms with van der Waals surface area (Å²) >= 11 is 6.09. The van der Waals surface area contributed by atoms with Crippen molar-refractivity contribution < 1.29 is 14.4 Å². The summed E-state index contributed by atoms with van der Waals surface area (Å²) in [5.41, 5.74) is 8.74. The summed E-state index contributed by atoms with van der Waals surface area (Å²) in [6, 6.07) is 21.5. The molecule has 4 rings (SSSR count). The molecule has 3 aromatic carbocycles. The maximum absolute atomic E-state index is 13.1. The topological polar surface area (TPSA) is 108 Å². The Bertz CT molecular complexity index is 1300. The molecule has 3 aromatic rings. The predicted molar refractivity (Wildman–Crippen MR) is 151 cm³/mol. The standard InChI is InChI=1S/C29H32ClN5O3/c1-20(21-7-3-2-4-8-21)19-32-27(36)23-11-12-26(34-13-6-14-35(16-15-34)29(31)38)25(18-23)33-28(37)22-9-5-10-24(30)17-22/h2-5,7-12,17-18,20H,6,13-16,19H2,1H3,(H2,31,38)(H,32,36)(H,33,37). The summed E-state index contributed by atoms with van der Waals surface area (Å²) in [5, 5.41) is 6.43. The fourth-order valence-electron chi connectivity index (χ4n) is 4.50. The maximum atomic E-state index is 13.1. The van der Waals surface area contributed by atoms with Crippen LogP contribution in [0.2, 0.25) is 5.02 Å². The first-order valence-corrected chi connectivity index (χ1v) is 13.0. The van der Waals surface area contributed by atoms with Gasteiger partial charge in [-0.1, -0.05) is 54.9 Å². The number of primary amides is 1. The van der Waals surface area contributed by atoms with Gasteiger partial charge in [0.25, 0.3) is 11.8 Å². The van der Waals surface area contributed by atoms with Crippen molar-refractivity contribution in [1.82, 2.24) is 10.2 Å². The lowest BCUT2D eigenvalue weighted by atomic mass is 10.0. The Balaban J connectivity index is 1.56. The number of halogens is 1. The molecule has 1 saturated heterocycles. The molecule has 1 atom stereocenters. The van der Waals surface area contributed by atoms with Crippen LogP contribution >= 0.6 is 11.6 Å².